The van der Waals surface area contributed by atoms with Crippen LogP contribution in [0.2, 0.25) is 0 Å². The number of carbonyl (C=O) groups is 2. The van der Waals surface area contributed by atoms with Gasteiger partial charge in [-0.05, 0) is 24.3 Å². The molecule has 1 unspecified atom stereocenters. The lowest BCUT2D eigenvalue weighted by Crippen LogP contribution is -2.33. The number of benzene rings is 1. The first kappa shape index (κ1) is 12.7. The van der Waals surface area contributed by atoms with Crippen LogP contribution in [0.5, 0.6) is 0 Å². The second-order valence-electron chi connectivity index (χ2n) is 5.57. The molecule has 1 aliphatic rings. The Bertz CT molecular complexity index is 747. The third kappa shape index (κ3) is 1.76. The Labute approximate surface area is 116 Å². The van der Waals surface area contributed by atoms with E-state index in [1.54, 1.807) is 18.2 Å². The molecule has 20 heavy (non-hydrogen) atoms. The summed E-state index contributed by atoms with van der Waals surface area (Å²) in [6.45, 7) is 3.99. The zero-order valence-corrected chi connectivity index (χ0v) is 11.3. The van der Waals surface area contributed by atoms with E-state index >= 15 is 0 Å². The number of fused-ring (bicyclic) bond motifs is 2. The van der Waals surface area contributed by atoms with Crippen LogP contribution in [0.1, 0.15) is 35.6 Å². The molecule has 2 aromatic rings. The molecule has 0 fully saturated rings. The van der Waals surface area contributed by atoms with Gasteiger partial charge in [-0.15, -0.1) is 0 Å². The van der Waals surface area contributed by atoms with Gasteiger partial charge in [0.15, 0.2) is 0 Å². The van der Waals surface area contributed by atoms with Crippen LogP contribution in [0.4, 0.5) is 0 Å². The lowest BCUT2D eigenvalue weighted by Gasteiger charge is -2.32. The number of rotatable bonds is 2. The van der Waals surface area contributed by atoms with Crippen LogP contribution in [0.25, 0.3) is 17.1 Å². The molecular formula is C16H14N2O2. The molecule has 1 aromatic heterocycles. The maximum absolute atomic E-state index is 11.2. The normalized spacial score (nSPS) is 19.6. The van der Waals surface area contributed by atoms with E-state index in [4.69, 9.17) is 0 Å². The molecule has 0 aliphatic heterocycles. The molecular weight excluding hydrogens is 252 g/mol. The standard InChI is InChI=1S/C16H14N2O2/c1-16(2)11(9-20)4-6-13-15(16)18-12-5-3-10(8-19)7-14(12)17-13/h3-9,11H,1-2H3. The van der Waals surface area contributed by atoms with E-state index in [0.717, 1.165) is 29.5 Å². The fourth-order valence-electron chi connectivity index (χ4n) is 2.56. The van der Waals surface area contributed by atoms with Crippen molar-refractivity contribution in [3.05, 3.63) is 41.2 Å². The van der Waals surface area contributed by atoms with Crippen molar-refractivity contribution < 1.29 is 9.59 Å². The van der Waals surface area contributed by atoms with Gasteiger partial charge in [0.1, 0.15) is 12.6 Å². The number of hydrogen-bond acceptors (Lipinski definition) is 4. The summed E-state index contributed by atoms with van der Waals surface area (Å²) in [6.07, 6.45) is 5.43. The second-order valence-corrected chi connectivity index (χ2v) is 5.57. The molecule has 0 spiro atoms. The highest BCUT2D eigenvalue weighted by Crippen LogP contribution is 2.37. The average molecular weight is 266 g/mol. The molecule has 1 atom stereocenters. The first-order valence-electron chi connectivity index (χ1n) is 6.47. The highest BCUT2D eigenvalue weighted by atomic mass is 16.1. The molecule has 1 heterocycles. The number of aromatic nitrogens is 2. The van der Waals surface area contributed by atoms with Crippen molar-refractivity contribution in [3.8, 4) is 0 Å². The minimum atomic E-state index is -0.379. The summed E-state index contributed by atoms with van der Waals surface area (Å²) < 4.78 is 0. The maximum atomic E-state index is 11.2. The van der Waals surface area contributed by atoms with Gasteiger partial charge in [0, 0.05) is 16.9 Å². The van der Waals surface area contributed by atoms with Crippen molar-refractivity contribution in [1.82, 2.24) is 9.97 Å². The molecule has 100 valence electrons. The second kappa shape index (κ2) is 4.34. The molecule has 0 saturated heterocycles. The van der Waals surface area contributed by atoms with Gasteiger partial charge in [-0.3, -0.25) is 4.79 Å². The predicted molar refractivity (Wildman–Crippen MR) is 76.5 cm³/mol. The van der Waals surface area contributed by atoms with Crippen LogP contribution in [-0.2, 0) is 10.2 Å². The van der Waals surface area contributed by atoms with Crippen LogP contribution < -0.4 is 0 Å². The summed E-state index contributed by atoms with van der Waals surface area (Å²) in [6, 6.07) is 5.23. The van der Waals surface area contributed by atoms with Crippen LogP contribution in [0, 0.1) is 5.92 Å². The fourth-order valence-corrected chi connectivity index (χ4v) is 2.56. The number of nitrogens with zero attached hydrogens (tertiary/aromatic N) is 2. The van der Waals surface area contributed by atoms with Gasteiger partial charge < -0.3 is 4.79 Å². The molecule has 4 nitrogen and oxygen atoms in total. The fraction of sp³-hybridized carbons (Fsp3) is 0.250. The third-order valence-corrected chi connectivity index (χ3v) is 3.90. The minimum Gasteiger partial charge on any atom is -0.303 e. The summed E-state index contributed by atoms with van der Waals surface area (Å²) in [5, 5.41) is 0. The molecule has 0 N–H and O–H groups in total. The SMILES string of the molecule is CC1(C)c2nc3ccc(C=O)cc3nc2C=CC1C=O. The van der Waals surface area contributed by atoms with E-state index in [2.05, 4.69) is 9.97 Å². The summed E-state index contributed by atoms with van der Waals surface area (Å²) >= 11 is 0. The number of carbonyl (C=O) groups excluding carboxylic acids is 2. The van der Waals surface area contributed by atoms with Crippen molar-refractivity contribution in [2.45, 2.75) is 19.3 Å². The first-order chi connectivity index (χ1) is 9.56. The van der Waals surface area contributed by atoms with E-state index in [1.165, 1.54) is 0 Å². The van der Waals surface area contributed by atoms with Crippen molar-refractivity contribution in [2.24, 2.45) is 5.92 Å². The van der Waals surface area contributed by atoms with Gasteiger partial charge in [-0.25, -0.2) is 9.97 Å². The number of allylic oxidation sites excluding steroid dienone is 1. The molecule has 0 radical (unpaired) electrons. The molecule has 1 aromatic carbocycles. The molecule has 0 bridgehead atoms. The molecule has 0 saturated carbocycles. The van der Waals surface area contributed by atoms with Crippen molar-refractivity contribution in [3.63, 3.8) is 0 Å². The quantitative estimate of drug-likeness (QED) is 0.784. The van der Waals surface area contributed by atoms with Crippen molar-refractivity contribution in [2.75, 3.05) is 0 Å². The average Bonchev–Trinajstić information content (AvgIpc) is 2.45. The largest absolute Gasteiger partial charge is 0.303 e. The lowest BCUT2D eigenvalue weighted by atomic mass is 9.73. The first-order valence-corrected chi connectivity index (χ1v) is 6.47. The van der Waals surface area contributed by atoms with Gasteiger partial charge in [0.05, 0.1) is 22.4 Å². The van der Waals surface area contributed by atoms with E-state index in [-0.39, 0.29) is 11.3 Å². The Morgan fingerprint density at radius 3 is 2.65 bits per heavy atom. The zero-order chi connectivity index (χ0) is 14.3. The minimum absolute atomic E-state index is 0.198. The van der Waals surface area contributed by atoms with Crippen LogP contribution >= 0.6 is 0 Å². The number of hydrogen-bond donors (Lipinski definition) is 0. The Hall–Kier alpha value is -2.36. The van der Waals surface area contributed by atoms with Crippen molar-refractivity contribution in [1.29, 1.82) is 0 Å². The Morgan fingerprint density at radius 2 is 1.95 bits per heavy atom. The van der Waals surface area contributed by atoms with Gasteiger partial charge in [0.25, 0.3) is 0 Å². The molecule has 3 rings (SSSR count). The van der Waals surface area contributed by atoms with E-state index in [9.17, 15) is 9.59 Å². The molecule has 4 heteroatoms. The maximum Gasteiger partial charge on any atom is 0.150 e. The predicted octanol–water partition coefficient (Wildman–Crippen LogP) is 2.56. The van der Waals surface area contributed by atoms with Gasteiger partial charge in [-0.1, -0.05) is 19.9 Å². The van der Waals surface area contributed by atoms with E-state index < -0.39 is 0 Å². The van der Waals surface area contributed by atoms with Gasteiger partial charge >= 0.3 is 0 Å². The summed E-state index contributed by atoms with van der Waals surface area (Å²) in [5.41, 5.74) is 3.22. The third-order valence-electron chi connectivity index (χ3n) is 3.90. The monoisotopic (exact) mass is 266 g/mol. The van der Waals surface area contributed by atoms with Gasteiger partial charge in [0.2, 0.25) is 0 Å². The summed E-state index contributed by atoms with van der Waals surface area (Å²) in [5.74, 6) is -0.198. The van der Waals surface area contributed by atoms with Crippen molar-refractivity contribution >= 4 is 29.7 Å². The van der Waals surface area contributed by atoms with Crippen LogP contribution in [0.15, 0.2) is 24.3 Å². The Kier molecular flexibility index (Phi) is 2.74. The molecule has 0 amide bonds. The van der Waals surface area contributed by atoms with Crippen LogP contribution in [-0.4, -0.2) is 22.5 Å². The van der Waals surface area contributed by atoms with Crippen LogP contribution in [0.3, 0.4) is 0 Å². The van der Waals surface area contributed by atoms with E-state index in [0.29, 0.717) is 11.1 Å². The van der Waals surface area contributed by atoms with Gasteiger partial charge in [-0.2, -0.15) is 0 Å². The smallest absolute Gasteiger partial charge is 0.150 e. The molecule has 1 aliphatic carbocycles. The summed E-state index contributed by atoms with van der Waals surface area (Å²) in [4.78, 5) is 31.2. The zero-order valence-electron chi connectivity index (χ0n) is 11.3. The Morgan fingerprint density at radius 1 is 1.15 bits per heavy atom. The topological polar surface area (TPSA) is 59.9 Å². The van der Waals surface area contributed by atoms with E-state index in [1.807, 2.05) is 26.0 Å². The number of aldehydes is 2. The Balaban J connectivity index is 2.27. The highest BCUT2D eigenvalue weighted by Gasteiger charge is 2.36. The lowest BCUT2D eigenvalue weighted by molar-refractivity contribution is -0.111. The summed E-state index contributed by atoms with van der Waals surface area (Å²) in [7, 11) is 0. The highest BCUT2D eigenvalue weighted by molar-refractivity contribution is 5.85.